The largest absolute Gasteiger partial charge is 0.290 e. The van der Waals surface area contributed by atoms with E-state index in [0.29, 0.717) is 5.92 Å². The maximum atomic E-state index is 6.00. The van der Waals surface area contributed by atoms with Gasteiger partial charge in [0.1, 0.15) is 0 Å². The first kappa shape index (κ1) is 14.5. The number of nitrogens with zero attached hydrogens (tertiary/aromatic N) is 5. The predicted octanol–water partition coefficient (Wildman–Crippen LogP) is 2.63. The number of tetrazole rings is 1. The molecule has 0 bridgehead atoms. The Morgan fingerprint density at radius 2 is 2.00 bits per heavy atom. The first-order valence-corrected chi connectivity index (χ1v) is 7.58. The highest BCUT2D eigenvalue weighted by Gasteiger charge is 2.42. The van der Waals surface area contributed by atoms with Crippen molar-refractivity contribution in [3.63, 3.8) is 0 Å². The maximum absolute atomic E-state index is 6.00. The molecule has 1 saturated heterocycles. The molecule has 1 atom stereocenters. The van der Waals surface area contributed by atoms with E-state index in [1.54, 1.807) is 4.68 Å². The average molecular weight is 306 g/mol. The minimum atomic E-state index is 0.0692. The molecule has 3 rings (SSSR count). The van der Waals surface area contributed by atoms with E-state index in [4.69, 9.17) is 11.6 Å². The van der Waals surface area contributed by atoms with E-state index in [-0.39, 0.29) is 5.54 Å². The third-order valence-corrected chi connectivity index (χ3v) is 4.92. The van der Waals surface area contributed by atoms with Crippen molar-refractivity contribution in [1.29, 1.82) is 0 Å². The van der Waals surface area contributed by atoms with Gasteiger partial charge in [-0.15, -0.1) is 5.10 Å². The van der Waals surface area contributed by atoms with Gasteiger partial charge in [-0.05, 0) is 54.9 Å². The van der Waals surface area contributed by atoms with Crippen molar-refractivity contribution in [1.82, 2.24) is 25.1 Å². The van der Waals surface area contributed by atoms with Gasteiger partial charge < -0.3 is 0 Å². The summed E-state index contributed by atoms with van der Waals surface area (Å²) in [4.78, 5) is 2.46. The Labute approximate surface area is 129 Å². The van der Waals surface area contributed by atoms with Crippen LogP contribution in [0.5, 0.6) is 0 Å². The molecule has 1 unspecified atom stereocenters. The molecule has 5 nitrogen and oxygen atoms in total. The second kappa shape index (κ2) is 5.39. The third-order valence-electron chi connectivity index (χ3n) is 4.67. The Kier molecular flexibility index (Phi) is 3.71. The van der Waals surface area contributed by atoms with Crippen LogP contribution in [0.2, 0.25) is 5.02 Å². The molecule has 0 radical (unpaired) electrons. The summed E-state index contributed by atoms with van der Waals surface area (Å²) in [6, 6.07) is 8.23. The van der Waals surface area contributed by atoms with E-state index in [2.05, 4.69) is 46.4 Å². The van der Waals surface area contributed by atoms with E-state index in [1.165, 1.54) is 5.56 Å². The number of benzene rings is 1. The standard InChI is InChI=1S/C15H20ClN5/c1-15(2)13(11-4-6-12(16)7-5-11)8-9-21(15)10-14-17-18-19-20(14)3/h4-7,13H,8-10H2,1-3H3. The number of aryl methyl sites for hydroxylation is 1. The lowest BCUT2D eigenvalue weighted by Gasteiger charge is -2.36. The molecule has 1 aromatic carbocycles. The van der Waals surface area contributed by atoms with Crippen molar-refractivity contribution in [2.75, 3.05) is 6.54 Å². The predicted molar refractivity (Wildman–Crippen MR) is 82.1 cm³/mol. The molecule has 21 heavy (non-hydrogen) atoms. The van der Waals surface area contributed by atoms with Gasteiger partial charge in [-0.25, -0.2) is 4.68 Å². The summed E-state index contributed by atoms with van der Waals surface area (Å²) >= 11 is 6.00. The molecule has 0 amide bonds. The average Bonchev–Trinajstić information content (AvgIpc) is 2.96. The summed E-state index contributed by atoms with van der Waals surface area (Å²) in [7, 11) is 1.88. The van der Waals surface area contributed by atoms with Crippen molar-refractivity contribution in [3.05, 3.63) is 40.7 Å². The topological polar surface area (TPSA) is 46.8 Å². The van der Waals surface area contributed by atoms with Crippen LogP contribution in [0.4, 0.5) is 0 Å². The zero-order valence-corrected chi connectivity index (χ0v) is 13.4. The van der Waals surface area contributed by atoms with Crippen LogP contribution in [0.25, 0.3) is 0 Å². The van der Waals surface area contributed by atoms with E-state index in [1.807, 2.05) is 19.2 Å². The molecule has 0 saturated carbocycles. The first-order valence-electron chi connectivity index (χ1n) is 7.20. The molecule has 2 aromatic rings. The number of rotatable bonds is 3. The van der Waals surface area contributed by atoms with Crippen molar-refractivity contribution in [3.8, 4) is 0 Å². The normalized spacial score (nSPS) is 21.8. The van der Waals surface area contributed by atoms with Gasteiger partial charge in [0.05, 0.1) is 6.54 Å². The van der Waals surface area contributed by atoms with Gasteiger partial charge in [0.15, 0.2) is 5.82 Å². The summed E-state index contributed by atoms with van der Waals surface area (Å²) in [6.45, 7) is 6.42. The lowest BCUT2D eigenvalue weighted by atomic mass is 9.83. The Morgan fingerprint density at radius 1 is 1.29 bits per heavy atom. The summed E-state index contributed by atoms with van der Waals surface area (Å²) in [5.74, 6) is 1.40. The highest BCUT2D eigenvalue weighted by atomic mass is 35.5. The molecule has 0 spiro atoms. The molecule has 0 aliphatic carbocycles. The van der Waals surface area contributed by atoms with Crippen LogP contribution < -0.4 is 0 Å². The fourth-order valence-electron chi connectivity index (χ4n) is 3.25. The van der Waals surface area contributed by atoms with Gasteiger partial charge >= 0.3 is 0 Å². The molecule has 1 aliphatic rings. The number of hydrogen-bond donors (Lipinski definition) is 0. The van der Waals surface area contributed by atoms with E-state index >= 15 is 0 Å². The number of aromatic nitrogens is 4. The minimum absolute atomic E-state index is 0.0692. The smallest absolute Gasteiger partial charge is 0.165 e. The van der Waals surface area contributed by atoms with Gasteiger partial charge in [-0.1, -0.05) is 23.7 Å². The molecule has 1 aliphatic heterocycles. The highest BCUT2D eigenvalue weighted by Crippen LogP contribution is 2.42. The molecule has 2 heterocycles. The van der Waals surface area contributed by atoms with Gasteiger partial charge in [0.2, 0.25) is 0 Å². The Bertz CT molecular complexity index is 619. The fraction of sp³-hybridized carbons (Fsp3) is 0.533. The van der Waals surface area contributed by atoms with Crippen LogP contribution in [0.3, 0.4) is 0 Å². The molecule has 1 aromatic heterocycles. The van der Waals surface area contributed by atoms with Crippen LogP contribution in [0.15, 0.2) is 24.3 Å². The van der Waals surface area contributed by atoms with Crippen molar-refractivity contribution in [2.45, 2.75) is 38.3 Å². The summed E-state index contributed by atoms with van der Waals surface area (Å²) < 4.78 is 1.74. The summed E-state index contributed by atoms with van der Waals surface area (Å²) in [5.41, 5.74) is 1.42. The second-order valence-corrected chi connectivity index (χ2v) is 6.62. The molecular weight excluding hydrogens is 286 g/mol. The molecule has 0 N–H and O–H groups in total. The summed E-state index contributed by atoms with van der Waals surface area (Å²) in [6.07, 6.45) is 1.14. The van der Waals surface area contributed by atoms with E-state index in [0.717, 1.165) is 30.4 Å². The van der Waals surface area contributed by atoms with Gasteiger partial charge in [0, 0.05) is 23.5 Å². The Morgan fingerprint density at radius 3 is 2.62 bits per heavy atom. The van der Waals surface area contributed by atoms with Crippen LogP contribution >= 0.6 is 11.6 Å². The van der Waals surface area contributed by atoms with Crippen LogP contribution in [-0.4, -0.2) is 37.2 Å². The lowest BCUT2D eigenvalue weighted by Crippen LogP contribution is -2.41. The van der Waals surface area contributed by atoms with Crippen LogP contribution in [-0.2, 0) is 13.6 Å². The van der Waals surface area contributed by atoms with Crippen molar-refractivity contribution < 1.29 is 0 Å². The van der Waals surface area contributed by atoms with E-state index in [9.17, 15) is 0 Å². The number of halogens is 1. The quantitative estimate of drug-likeness (QED) is 0.874. The van der Waals surface area contributed by atoms with E-state index < -0.39 is 0 Å². The SMILES string of the molecule is Cn1nnnc1CN1CCC(c2ccc(Cl)cc2)C1(C)C. The van der Waals surface area contributed by atoms with Crippen LogP contribution in [0, 0.1) is 0 Å². The third kappa shape index (κ3) is 2.68. The Balaban J connectivity index is 1.81. The zero-order valence-electron chi connectivity index (χ0n) is 12.6. The molecule has 1 fully saturated rings. The first-order chi connectivity index (χ1) is 9.98. The Hall–Kier alpha value is -1.46. The minimum Gasteiger partial charge on any atom is -0.290 e. The number of hydrogen-bond acceptors (Lipinski definition) is 4. The van der Waals surface area contributed by atoms with Crippen LogP contribution in [0.1, 0.15) is 37.6 Å². The second-order valence-electron chi connectivity index (χ2n) is 6.19. The lowest BCUT2D eigenvalue weighted by molar-refractivity contribution is 0.147. The fourth-order valence-corrected chi connectivity index (χ4v) is 3.38. The monoisotopic (exact) mass is 305 g/mol. The van der Waals surface area contributed by atoms with Crippen molar-refractivity contribution in [2.24, 2.45) is 7.05 Å². The van der Waals surface area contributed by atoms with Gasteiger partial charge in [-0.2, -0.15) is 0 Å². The van der Waals surface area contributed by atoms with Crippen molar-refractivity contribution >= 4 is 11.6 Å². The summed E-state index contributed by atoms with van der Waals surface area (Å²) in [5, 5.41) is 12.5. The zero-order chi connectivity index (χ0) is 15.0. The molecule has 6 heteroatoms. The maximum Gasteiger partial charge on any atom is 0.165 e. The van der Waals surface area contributed by atoms with Gasteiger partial charge in [0.25, 0.3) is 0 Å². The number of likely N-dealkylation sites (tertiary alicyclic amines) is 1. The molecule has 112 valence electrons. The van der Waals surface area contributed by atoms with Gasteiger partial charge in [-0.3, -0.25) is 4.90 Å². The molecular formula is C15H20ClN5. The highest BCUT2D eigenvalue weighted by molar-refractivity contribution is 6.30.